The number of hydrogen-bond donors (Lipinski definition) is 1. The summed E-state index contributed by atoms with van der Waals surface area (Å²) in [6.45, 7) is 2.07. The fourth-order valence-corrected chi connectivity index (χ4v) is 1.82. The number of hydrogen-bond acceptors (Lipinski definition) is 3. The normalized spacial score (nSPS) is 9.11. The first-order chi connectivity index (χ1) is 4.31. The molecule has 0 aliphatic heterocycles. The second-order valence-corrected chi connectivity index (χ2v) is 4.09. The van der Waals surface area contributed by atoms with E-state index in [1.54, 1.807) is 28.6 Å². The summed E-state index contributed by atoms with van der Waals surface area (Å²) in [5, 5.41) is 2.55. The van der Waals surface area contributed by atoms with E-state index in [2.05, 4.69) is 12.2 Å². The Kier molecular flexibility index (Phi) is 6.41. The van der Waals surface area contributed by atoms with Gasteiger partial charge in [-0.1, -0.05) is 28.5 Å². The molecule has 0 unspecified atom stereocenters. The van der Waals surface area contributed by atoms with Crippen LogP contribution in [0.4, 0.5) is 0 Å². The first-order valence-electron chi connectivity index (χ1n) is 2.76. The lowest BCUT2D eigenvalue weighted by atomic mass is 10.7. The van der Waals surface area contributed by atoms with Crippen LogP contribution in [0.25, 0.3) is 0 Å². The molecule has 0 atom stereocenters. The summed E-state index contributed by atoms with van der Waals surface area (Å²) >= 11 is 0. The minimum Gasteiger partial charge on any atom is -0.358 e. The molecule has 0 aromatic carbocycles. The number of carbonyl (C=O) groups is 1. The van der Waals surface area contributed by atoms with Gasteiger partial charge in [0.2, 0.25) is 5.91 Å². The van der Waals surface area contributed by atoms with Gasteiger partial charge in [-0.3, -0.25) is 4.79 Å². The summed E-state index contributed by atoms with van der Waals surface area (Å²) in [5.74, 6) is 1.72. The van der Waals surface area contributed by atoms with Crippen molar-refractivity contribution in [3.8, 4) is 0 Å². The molecule has 2 nitrogen and oxygen atoms in total. The number of carbonyl (C=O) groups excluding carboxylic acids is 1. The first-order valence-corrected chi connectivity index (χ1v) is 5.25. The van der Waals surface area contributed by atoms with Gasteiger partial charge in [-0.25, -0.2) is 0 Å². The highest BCUT2D eigenvalue weighted by atomic mass is 33.1. The molecule has 0 spiro atoms. The first kappa shape index (κ1) is 9.17. The van der Waals surface area contributed by atoms with Gasteiger partial charge in [0.25, 0.3) is 0 Å². The molecule has 0 bridgehead atoms. The fourth-order valence-electron chi connectivity index (χ4n) is 0.251. The summed E-state index contributed by atoms with van der Waals surface area (Å²) in [7, 11) is 4.95. The Morgan fingerprint density at radius 1 is 1.56 bits per heavy atom. The average Bonchev–Trinajstić information content (AvgIpc) is 1.89. The van der Waals surface area contributed by atoms with Gasteiger partial charge < -0.3 is 5.32 Å². The van der Waals surface area contributed by atoms with Crippen molar-refractivity contribution >= 4 is 27.5 Å². The zero-order valence-corrected chi connectivity index (χ0v) is 7.27. The molecular formula is C5H11NOS2. The zero-order valence-electron chi connectivity index (χ0n) is 5.64. The van der Waals surface area contributed by atoms with Crippen LogP contribution in [0.15, 0.2) is 0 Å². The van der Waals surface area contributed by atoms with E-state index in [0.29, 0.717) is 5.75 Å². The SMILES string of the molecule is CCSSCC(=O)NC. The van der Waals surface area contributed by atoms with Crippen LogP contribution in [0.5, 0.6) is 0 Å². The quantitative estimate of drug-likeness (QED) is 0.500. The van der Waals surface area contributed by atoms with Crippen molar-refractivity contribution in [1.82, 2.24) is 5.32 Å². The Labute approximate surface area is 63.6 Å². The lowest BCUT2D eigenvalue weighted by Crippen LogP contribution is -2.19. The van der Waals surface area contributed by atoms with Crippen LogP contribution >= 0.6 is 21.6 Å². The Balaban J connectivity index is 2.97. The molecule has 0 rings (SSSR count). The monoisotopic (exact) mass is 165 g/mol. The molecule has 54 valence electrons. The van der Waals surface area contributed by atoms with Gasteiger partial charge in [0.15, 0.2) is 0 Å². The smallest absolute Gasteiger partial charge is 0.230 e. The summed E-state index contributed by atoms with van der Waals surface area (Å²) < 4.78 is 0. The molecule has 0 aliphatic rings. The Hall–Kier alpha value is 0.170. The molecule has 4 heteroatoms. The molecule has 1 amide bonds. The molecule has 0 saturated heterocycles. The maximum absolute atomic E-state index is 10.5. The van der Waals surface area contributed by atoms with Crippen LogP contribution in [-0.2, 0) is 4.79 Å². The predicted octanol–water partition coefficient (Wildman–Crippen LogP) is 1.13. The summed E-state index contributed by atoms with van der Waals surface area (Å²) in [5.41, 5.74) is 0. The minimum absolute atomic E-state index is 0.0981. The van der Waals surface area contributed by atoms with Crippen LogP contribution in [0.3, 0.4) is 0 Å². The van der Waals surface area contributed by atoms with E-state index >= 15 is 0 Å². The van der Waals surface area contributed by atoms with Crippen molar-refractivity contribution in [2.24, 2.45) is 0 Å². The molecule has 9 heavy (non-hydrogen) atoms. The van der Waals surface area contributed by atoms with Crippen molar-refractivity contribution in [1.29, 1.82) is 0 Å². The van der Waals surface area contributed by atoms with E-state index in [1.807, 2.05) is 0 Å². The fraction of sp³-hybridized carbons (Fsp3) is 0.800. The van der Waals surface area contributed by atoms with Crippen molar-refractivity contribution in [2.75, 3.05) is 18.6 Å². The van der Waals surface area contributed by atoms with Gasteiger partial charge in [-0.05, 0) is 0 Å². The van der Waals surface area contributed by atoms with Crippen LogP contribution in [-0.4, -0.2) is 24.5 Å². The number of amides is 1. The molecule has 0 fully saturated rings. The van der Waals surface area contributed by atoms with Crippen LogP contribution in [0, 0.1) is 0 Å². The van der Waals surface area contributed by atoms with E-state index < -0.39 is 0 Å². The molecule has 0 saturated carbocycles. The van der Waals surface area contributed by atoms with Gasteiger partial charge in [-0.2, -0.15) is 0 Å². The van der Waals surface area contributed by atoms with E-state index in [-0.39, 0.29) is 5.91 Å². The second-order valence-electron chi connectivity index (χ2n) is 1.34. The maximum atomic E-state index is 10.5. The highest BCUT2D eigenvalue weighted by molar-refractivity contribution is 8.76. The van der Waals surface area contributed by atoms with Crippen LogP contribution < -0.4 is 5.32 Å². The van der Waals surface area contributed by atoms with Crippen LogP contribution in [0.1, 0.15) is 6.92 Å². The molecule has 0 aromatic heterocycles. The van der Waals surface area contributed by atoms with Crippen molar-refractivity contribution < 1.29 is 4.79 Å². The zero-order chi connectivity index (χ0) is 7.11. The third-order valence-electron chi connectivity index (χ3n) is 0.670. The topological polar surface area (TPSA) is 29.1 Å². The highest BCUT2D eigenvalue weighted by Gasteiger charge is 1.95. The molecule has 0 aliphatic carbocycles. The standard InChI is InChI=1S/C5H11NOS2/c1-3-8-9-4-5(7)6-2/h3-4H2,1-2H3,(H,6,7). The maximum Gasteiger partial charge on any atom is 0.230 e. The van der Waals surface area contributed by atoms with Gasteiger partial charge in [0.05, 0.1) is 5.75 Å². The largest absolute Gasteiger partial charge is 0.358 e. The number of nitrogens with one attached hydrogen (secondary N) is 1. The van der Waals surface area contributed by atoms with E-state index in [0.717, 1.165) is 5.75 Å². The second kappa shape index (κ2) is 6.29. The summed E-state index contributed by atoms with van der Waals surface area (Å²) in [4.78, 5) is 10.5. The lowest BCUT2D eigenvalue weighted by Gasteiger charge is -1.95. The third-order valence-corrected chi connectivity index (χ3v) is 3.01. The summed E-state index contributed by atoms with van der Waals surface area (Å²) in [6.07, 6.45) is 0. The minimum atomic E-state index is 0.0981. The van der Waals surface area contributed by atoms with E-state index in [4.69, 9.17) is 0 Å². The third kappa shape index (κ3) is 6.05. The highest BCUT2D eigenvalue weighted by Crippen LogP contribution is 2.19. The number of rotatable bonds is 4. The van der Waals surface area contributed by atoms with Gasteiger partial charge in [0, 0.05) is 12.8 Å². The van der Waals surface area contributed by atoms with Crippen LogP contribution in [0.2, 0.25) is 0 Å². The Bertz CT molecular complexity index is 87.0. The molecule has 0 aromatic rings. The lowest BCUT2D eigenvalue weighted by molar-refractivity contribution is -0.118. The van der Waals surface area contributed by atoms with Crippen molar-refractivity contribution in [3.05, 3.63) is 0 Å². The summed E-state index contributed by atoms with van der Waals surface area (Å²) in [6, 6.07) is 0. The Morgan fingerprint density at radius 2 is 2.22 bits per heavy atom. The van der Waals surface area contributed by atoms with Crippen molar-refractivity contribution in [3.63, 3.8) is 0 Å². The van der Waals surface area contributed by atoms with Gasteiger partial charge >= 0.3 is 0 Å². The molecule has 0 heterocycles. The van der Waals surface area contributed by atoms with Gasteiger partial charge in [-0.15, -0.1) is 0 Å². The van der Waals surface area contributed by atoms with Crippen molar-refractivity contribution in [2.45, 2.75) is 6.92 Å². The molecule has 0 radical (unpaired) electrons. The van der Waals surface area contributed by atoms with Gasteiger partial charge in [0.1, 0.15) is 0 Å². The average molecular weight is 165 g/mol. The predicted molar refractivity (Wildman–Crippen MR) is 44.7 cm³/mol. The van der Waals surface area contributed by atoms with E-state index in [1.165, 1.54) is 0 Å². The Morgan fingerprint density at radius 3 is 2.67 bits per heavy atom. The molecular weight excluding hydrogens is 154 g/mol. The van der Waals surface area contributed by atoms with E-state index in [9.17, 15) is 4.79 Å². The molecule has 1 N–H and O–H groups in total.